The lowest BCUT2D eigenvalue weighted by Gasteiger charge is -2.16. The van der Waals surface area contributed by atoms with E-state index in [1.807, 2.05) is 0 Å². The van der Waals surface area contributed by atoms with Crippen LogP contribution in [-0.2, 0) is 19.2 Å². The molecular weight excluding hydrogens is 378 g/mol. The van der Waals surface area contributed by atoms with Gasteiger partial charge in [0.1, 0.15) is 35.8 Å². The van der Waals surface area contributed by atoms with Gasteiger partial charge in [-0.3, -0.25) is 8.75 Å². The fourth-order valence-corrected chi connectivity index (χ4v) is 3.11. The average molecular weight is 395 g/mol. The molecule has 2 aromatic rings. The van der Waals surface area contributed by atoms with E-state index in [4.69, 9.17) is 9.88 Å². The van der Waals surface area contributed by atoms with Gasteiger partial charge in [-0.15, -0.1) is 0 Å². The Morgan fingerprint density at radius 1 is 1.30 bits per heavy atom. The van der Waals surface area contributed by atoms with E-state index in [-0.39, 0.29) is 0 Å². The molecule has 2 aliphatic rings. The Morgan fingerprint density at radius 2 is 2.07 bits per heavy atom. The zero-order valence-electron chi connectivity index (χ0n) is 14.0. The lowest BCUT2D eigenvalue weighted by molar-refractivity contribution is -0.0467. The first-order valence-corrected chi connectivity index (χ1v) is 9.68. The summed E-state index contributed by atoms with van der Waals surface area (Å²) in [5.41, 5.74) is 1.28. The second-order valence-electron chi connectivity index (χ2n) is 6.41. The number of aliphatic hydroxyl groups is 2. The minimum Gasteiger partial charge on any atom is -0.387 e. The van der Waals surface area contributed by atoms with Crippen molar-refractivity contribution in [1.29, 1.82) is 0 Å². The van der Waals surface area contributed by atoms with Gasteiger partial charge >= 0.3 is 10.3 Å². The summed E-state index contributed by atoms with van der Waals surface area (Å²) in [6.45, 7) is -0.534. The summed E-state index contributed by atoms with van der Waals surface area (Å²) >= 11 is 0. The second kappa shape index (κ2) is 6.79. The van der Waals surface area contributed by atoms with Crippen LogP contribution in [0.4, 0.5) is 0 Å². The van der Waals surface area contributed by atoms with Crippen molar-refractivity contribution >= 4 is 21.5 Å². The lowest BCUT2D eigenvalue weighted by atomic mass is 10.1. The van der Waals surface area contributed by atoms with Crippen LogP contribution in [0, 0.1) is 17.8 Å². The number of hydrogen-bond donors (Lipinski definition) is 3. The van der Waals surface area contributed by atoms with Crippen LogP contribution in [0.5, 0.6) is 0 Å². The summed E-state index contributed by atoms with van der Waals surface area (Å²) in [7, 11) is -4.20. The highest BCUT2D eigenvalue weighted by atomic mass is 32.2. The summed E-state index contributed by atoms with van der Waals surface area (Å²) in [6.07, 6.45) is 0.00426. The molecule has 0 bridgehead atoms. The molecule has 11 nitrogen and oxygen atoms in total. The Balaban J connectivity index is 1.60. The third-order valence-corrected chi connectivity index (χ3v) is 4.80. The minimum atomic E-state index is -4.20. The summed E-state index contributed by atoms with van der Waals surface area (Å²) < 4.78 is 33.3. The van der Waals surface area contributed by atoms with E-state index >= 15 is 0 Å². The first kappa shape index (κ1) is 18.2. The highest BCUT2D eigenvalue weighted by Gasteiger charge is 2.44. The van der Waals surface area contributed by atoms with E-state index < -0.39 is 41.5 Å². The van der Waals surface area contributed by atoms with Crippen LogP contribution in [0.1, 0.15) is 24.8 Å². The van der Waals surface area contributed by atoms with Gasteiger partial charge < -0.3 is 14.9 Å². The molecule has 0 spiro atoms. The zero-order valence-corrected chi connectivity index (χ0v) is 14.8. The summed E-state index contributed by atoms with van der Waals surface area (Å²) in [4.78, 5) is 12.5. The Morgan fingerprint density at radius 3 is 2.78 bits per heavy atom. The largest absolute Gasteiger partial charge is 0.387 e. The van der Waals surface area contributed by atoms with Gasteiger partial charge in [-0.25, -0.2) is 20.1 Å². The molecule has 4 rings (SSSR count). The maximum atomic E-state index is 10.9. The van der Waals surface area contributed by atoms with E-state index in [1.54, 1.807) is 0 Å². The standard InChI is InChI=1S/C15H17N5O6S/c16-27(23,24)25-5-10-12(21)13(22)15(26-10)20-7-19-11-9(4-3-8-1-2-8)17-6-18-14(11)20/h6-8,10,12-13,15,21-22H,1-2,5H2,(H2,16,23,24). The molecule has 0 radical (unpaired) electrons. The molecule has 1 saturated carbocycles. The molecule has 4 N–H and O–H groups in total. The molecule has 12 heteroatoms. The van der Waals surface area contributed by atoms with Crippen LogP contribution >= 0.6 is 0 Å². The van der Waals surface area contributed by atoms with Crippen molar-refractivity contribution in [2.75, 3.05) is 6.61 Å². The van der Waals surface area contributed by atoms with Gasteiger partial charge in [-0.1, -0.05) is 5.92 Å². The van der Waals surface area contributed by atoms with Crippen LogP contribution in [0.3, 0.4) is 0 Å². The topological polar surface area (TPSA) is 163 Å². The number of aromatic nitrogens is 4. The average Bonchev–Trinajstić information content (AvgIpc) is 3.29. The van der Waals surface area contributed by atoms with Crippen LogP contribution in [-0.4, -0.2) is 63.1 Å². The molecular formula is C15H17N5O6S. The van der Waals surface area contributed by atoms with Crippen LogP contribution in [0.15, 0.2) is 12.7 Å². The summed E-state index contributed by atoms with van der Waals surface area (Å²) in [5.74, 6) is 6.49. The Bertz CT molecular complexity index is 1020. The normalized spacial score (nSPS) is 28.3. The van der Waals surface area contributed by atoms with Gasteiger partial charge in [0.15, 0.2) is 11.9 Å². The van der Waals surface area contributed by atoms with Gasteiger partial charge in [0.25, 0.3) is 0 Å². The summed E-state index contributed by atoms with van der Waals surface area (Å²) in [6, 6.07) is 0. The SMILES string of the molecule is NS(=O)(=O)OCC1OC(n2cnc3c(C#CC4CC4)ncnc32)C(O)C1O. The predicted molar refractivity (Wildman–Crippen MR) is 89.9 cm³/mol. The number of imidazole rings is 1. The van der Waals surface area contributed by atoms with Gasteiger partial charge in [0, 0.05) is 5.92 Å². The Hall–Kier alpha value is -2.14. The van der Waals surface area contributed by atoms with E-state index in [2.05, 4.69) is 31.0 Å². The number of ether oxygens (including phenoxy) is 1. The van der Waals surface area contributed by atoms with Crippen LogP contribution in [0.25, 0.3) is 11.2 Å². The molecule has 0 amide bonds. The number of nitrogens with two attached hydrogens (primary N) is 1. The van der Waals surface area contributed by atoms with Crippen molar-refractivity contribution in [3.63, 3.8) is 0 Å². The number of fused-ring (bicyclic) bond motifs is 1. The quantitative estimate of drug-likeness (QED) is 0.519. The van der Waals surface area contributed by atoms with E-state index in [0.29, 0.717) is 22.8 Å². The van der Waals surface area contributed by atoms with Gasteiger partial charge in [0.05, 0.1) is 12.9 Å². The second-order valence-corrected chi connectivity index (χ2v) is 7.63. The van der Waals surface area contributed by atoms with E-state index in [1.165, 1.54) is 17.2 Å². The molecule has 1 aliphatic carbocycles. The molecule has 2 aromatic heterocycles. The van der Waals surface area contributed by atoms with Crippen molar-refractivity contribution < 1.29 is 27.6 Å². The monoisotopic (exact) mass is 395 g/mol. The third kappa shape index (κ3) is 3.79. The van der Waals surface area contributed by atoms with Gasteiger partial charge in [-0.05, 0) is 18.8 Å². The highest BCUT2D eigenvalue weighted by molar-refractivity contribution is 7.84. The smallest absolute Gasteiger partial charge is 0.333 e. The van der Waals surface area contributed by atoms with Crippen molar-refractivity contribution in [3.8, 4) is 11.8 Å². The molecule has 2 fully saturated rings. The molecule has 4 atom stereocenters. The predicted octanol–water partition coefficient (Wildman–Crippen LogP) is -1.57. The first-order chi connectivity index (χ1) is 12.8. The molecule has 1 saturated heterocycles. The van der Waals surface area contributed by atoms with Gasteiger partial charge in [0.2, 0.25) is 0 Å². The third-order valence-electron chi connectivity index (χ3n) is 4.34. The van der Waals surface area contributed by atoms with E-state index in [9.17, 15) is 18.6 Å². The maximum Gasteiger partial charge on any atom is 0.333 e. The Labute approximate surface area is 154 Å². The molecule has 3 heterocycles. The van der Waals surface area contributed by atoms with Crippen molar-refractivity contribution in [2.24, 2.45) is 11.1 Å². The number of hydrogen-bond acceptors (Lipinski definition) is 9. The number of rotatable bonds is 4. The number of nitrogens with zero attached hydrogens (tertiary/aromatic N) is 4. The van der Waals surface area contributed by atoms with Crippen LogP contribution in [0.2, 0.25) is 0 Å². The molecule has 1 aliphatic heterocycles. The zero-order chi connectivity index (χ0) is 19.2. The lowest BCUT2D eigenvalue weighted by Crippen LogP contribution is -2.35. The Kier molecular flexibility index (Phi) is 4.58. The summed E-state index contributed by atoms with van der Waals surface area (Å²) in [5, 5.41) is 25.2. The molecule has 0 aromatic carbocycles. The highest BCUT2D eigenvalue weighted by Crippen LogP contribution is 2.32. The van der Waals surface area contributed by atoms with E-state index in [0.717, 1.165) is 12.8 Å². The molecule has 4 unspecified atom stereocenters. The van der Waals surface area contributed by atoms with Crippen molar-refractivity contribution in [1.82, 2.24) is 19.5 Å². The molecule has 144 valence electrons. The van der Waals surface area contributed by atoms with Crippen molar-refractivity contribution in [2.45, 2.75) is 37.4 Å². The fraction of sp³-hybridized carbons (Fsp3) is 0.533. The maximum absolute atomic E-state index is 10.9. The van der Waals surface area contributed by atoms with Crippen LogP contribution < -0.4 is 5.14 Å². The number of aliphatic hydroxyl groups excluding tert-OH is 2. The van der Waals surface area contributed by atoms with Gasteiger partial charge in [-0.2, -0.15) is 8.42 Å². The minimum absolute atomic E-state index is 0.370. The van der Waals surface area contributed by atoms with Crippen molar-refractivity contribution in [3.05, 3.63) is 18.3 Å². The molecule has 27 heavy (non-hydrogen) atoms. The fourth-order valence-electron chi connectivity index (χ4n) is 2.79. The first-order valence-electron chi connectivity index (χ1n) is 8.21.